The van der Waals surface area contributed by atoms with Gasteiger partial charge in [-0.15, -0.1) is 0 Å². The smallest absolute Gasteiger partial charge is 0.181 e. The summed E-state index contributed by atoms with van der Waals surface area (Å²) in [6.07, 6.45) is 3.62. The number of nitrogen functional groups attached to an aromatic ring is 1. The highest BCUT2D eigenvalue weighted by atomic mass is 35.5. The molecule has 3 rings (SSSR count). The zero-order chi connectivity index (χ0) is 13.4. The first-order valence-corrected chi connectivity index (χ1v) is 6.84. The Bertz CT molecular complexity index is 732. The number of nitrogens with two attached hydrogens (primary N) is 1. The Balaban J connectivity index is 2.20. The maximum Gasteiger partial charge on any atom is 0.181 e. The Morgan fingerprint density at radius 2 is 2.21 bits per heavy atom. The Kier molecular flexibility index (Phi) is 3.00. The minimum atomic E-state index is 0.521. The van der Waals surface area contributed by atoms with Crippen molar-refractivity contribution < 1.29 is 0 Å². The molecule has 0 fully saturated rings. The average molecular weight is 291 g/mol. The number of halogens is 1. The molecule has 0 radical (unpaired) electrons. The Labute approximate surface area is 119 Å². The molecule has 0 amide bonds. The molecule has 6 heteroatoms. The van der Waals surface area contributed by atoms with Gasteiger partial charge in [0.1, 0.15) is 5.69 Å². The van der Waals surface area contributed by atoms with Gasteiger partial charge in [-0.2, -0.15) is 0 Å². The quantitative estimate of drug-likeness (QED) is 0.786. The average Bonchev–Trinajstić information content (AvgIpc) is 2.95. The lowest BCUT2D eigenvalue weighted by Gasteiger charge is -2.03. The number of rotatable bonds is 2. The molecule has 2 aromatic heterocycles. The van der Waals surface area contributed by atoms with Crippen LogP contribution in [-0.4, -0.2) is 14.5 Å². The van der Waals surface area contributed by atoms with Gasteiger partial charge in [-0.1, -0.05) is 35.1 Å². The van der Waals surface area contributed by atoms with E-state index in [0.717, 1.165) is 22.0 Å². The summed E-state index contributed by atoms with van der Waals surface area (Å²) in [4.78, 5) is 9.70. The van der Waals surface area contributed by atoms with E-state index in [2.05, 4.69) is 9.97 Å². The highest BCUT2D eigenvalue weighted by Crippen LogP contribution is 2.37. The minimum Gasteiger partial charge on any atom is -0.375 e. The summed E-state index contributed by atoms with van der Waals surface area (Å²) in [6, 6.07) is 7.65. The van der Waals surface area contributed by atoms with Crippen LogP contribution in [0.5, 0.6) is 0 Å². The van der Waals surface area contributed by atoms with Crippen LogP contribution in [0.4, 0.5) is 5.13 Å². The molecule has 0 saturated heterocycles. The van der Waals surface area contributed by atoms with E-state index in [4.69, 9.17) is 17.3 Å². The van der Waals surface area contributed by atoms with Gasteiger partial charge in [-0.05, 0) is 17.7 Å². The van der Waals surface area contributed by atoms with Crippen molar-refractivity contribution in [1.82, 2.24) is 14.5 Å². The van der Waals surface area contributed by atoms with Crippen molar-refractivity contribution >= 4 is 28.1 Å². The first kappa shape index (κ1) is 12.2. The first-order valence-electron chi connectivity index (χ1n) is 5.65. The van der Waals surface area contributed by atoms with Gasteiger partial charge < -0.3 is 10.3 Å². The van der Waals surface area contributed by atoms with Gasteiger partial charge in [0.15, 0.2) is 11.0 Å². The maximum atomic E-state index is 6.04. The summed E-state index contributed by atoms with van der Waals surface area (Å²) in [5.74, 6) is 0.794. The molecule has 0 bridgehead atoms. The molecule has 0 atom stereocenters. The van der Waals surface area contributed by atoms with Crippen molar-refractivity contribution in [3.63, 3.8) is 0 Å². The second-order valence-electron chi connectivity index (χ2n) is 4.10. The lowest BCUT2D eigenvalue weighted by atomic mass is 10.1. The Hall–Kier alpha value is -1.85. The fraction of sp³-hybridized carbons (Fsp3) is 0.0769. The predicted octanol–water partition coefficient (Wildman–Crippen LogP) is 3.45. The van der Waals surface area contributed by atoms with Crippen molar-refractivity contribution in [2.24, 2.45) is 7.05 Å². The van der Waals surface area contributed by atoms with E-state index in [1.165, 1.54) is 11.3 Å². The molecule has 0 aliphatic heterocycles. The highest BCUT2D eigenvalue weighted by molar-refractivity contribution is 7.19. The largest absolute Gasteiger partial charge is 0.375 e. The van der Waals surface area contributed by atoms with Crippen LogP contribution in [0.3, 0.4) is 0 Å². The van der Waals surface area contributed by atoms with E-state index in [-0.39, 0.29) is 0 Å². The zero-order valence-electron chi connectivity index (χ0n) is 10.2. The first-order chi connectivity index (χ1) is 9.15. The third kappa shape index (κ3) is 2.22. The Morgan fingerprint density at radius 1 is 1.37 bits per heavy atom. The minimum absolute atomic E-state index is 0.521. The van der Waals surface area contributed by atoms with Crippen molar-refractivity contribution in [3.8, 4) is 22.0 Å². The molecule has 2 heterocycles. The zero-order valence-corrected chi connectivity index (χ0v) is 11.7. The molecular weight excluding hydrogens is 280 g/mol. The van der Waals surface area contributed by atoms with Gasteiger partial charge in [0, 0.05) is 24.5 Å². The predicted molar refractivity (Wildman–Crippen MR) is 79.2 cm³/mol. The van der Waals surface area contributed by atoms with E-state index in [0.29, 0.717) is 10.2 Å². The molecule has 2 N–H and O–H groups in total. The summed E-state index contributed by atoms with van der Waals surface area (Å²) >= 11 is 7.48. The van der Waals surface area contributed by atoms with Crippen LogP contribution < -0.4 is 5.73 Å². The van der Waals surface area contributed by atoms with Gasteiger partial charge in [0.25, 0.3) is 0 Å². The summed E-state index contributed by atoms with van der Waals surface area (Å²) in [6.45, 7) is 0. The summed E-state index contributed by atoms with van der Waals surface area (Å²) in [7, 11) is 1.93. The third-order valence-corrected chi connectivity index (χ3v) is 3.93. The number of imidazole rings is 1. The number of thiazole rings is 1. The van der Waals surface area contributed by atoms with E-state index in [1.54, 1.807) is 6.20 Å². The van der Waals surface area contributed by atoms with Gasteiger partial charge in [-0.3, -0.25) is 0 Å². The van der Waals surface area contributed by atoms with Crippen molar-refractivity contribution in [2.45, 2.75) is 0 Å². The van der Waals surface area contributed by atoms with E-state index in [9.17, 15) is 0 Å². The van der Waals surface area contributed by atoms with Crippen LogP contribution in [0.15, 0.2) is 36.7 Å². The van der Waals surface area contributed by atoms with Crippen LogP contribution in [0.1, 0.15) is 0 Å². The van der Waals surface area contributed by atoms with E-state index in [1.807, 2.05) is 42.1 Å². The molecule has 0 aliphatic rings. The molecular formula is C13H11ClN4S. The molecule has 0 unspecified atom stereocenters. The number of hydrogen-bond donors (Lipinski definition) is 1. The number of benzene rings is 1. The third-order valence-electron chi connectivity index (χ3n) is 2.76. The second kappa shape index (κ2) is 4.68. The SMILES string of the molecule is Cn1ccnc1-c1nc(N)sc1-c1cccc(Cl)c1. The molecule has 0 aliphatic carbocycles. The number of aromatic nitrogens is 3. The van der Waals surface area contributed by atoms with Crippen molar-refractivity contribution in [1.29, 1.82) is 0 Å². The van der Waals surface area contributed by atoms with Crippen LogP contribution in [0.25, 0.3) is 22.0 Å². The topological polar surface area (TPSA) is 56.7 Å². The fourth-order valence-electron chi connectivity index (χ4n) is 1.91. The van der Waals surface area contributed by atoms with Gasteiger partial charge in [-0.25, -0.2) is 9.97 Å². The van der Waals surface area contributed by atoms with Crippen LogP contribution in [0.2, 0.25) is 5.02 Å². The normalized spacial score (nSPS) is 10.8. The molecule has 0 saturated carbocycles. The molecule has 19 heavy (non-hydrogen) atoms. The van der Waals surface area contributed by atoms with Gasteiger partial charge in [0.2, 0.25) is 0 Å². The van der Waals surface area contributed by atoms with Gasteiger partial charge >= 0.3 is 0 Å². The number of hydrogen-bond acceptors (Lipinski definition) is 4. The van der Waals surface area contributed by atoms with E-state index >= 15 is 0 Å². The second-order valence-corrected chi connectivity index (χ2v) is 5.57. The molecule has 1 aromatic carbocycles. The molecule has 4 nitrogen and oxygen atoms in total. The molecule has 0 spiro atoms. The maximum absolute atomic E-state index is 6.04. The highest BCUT2D eigenvalue weighted by Gasteiger charge is 2.17. The summed E-state index contributed by atoms with van der Waals surface area (Å²) in [5, 5.41) is 1.21. The Morgan fingerprint density at radius 3 is 2.89 bits per heavy atom. The van der Waals surface area contributed by atoms with Crippen LogP contribution in [0, 0.1) is 0 Å². The lowest BCUT2D eigenvalue weighted by molar-refractivity contribution is 0.920. The standard InChI is InChI=1S/C13H11ClN4S/c1-18-6-5-16-12(18)10-11(19-13(15)17-10)8-3-2-4-9(14)7-8/h2-7H,1H3,(H2,15,17). The van der Waals surface area contributed by atoms with Crippen LogP contribution >= 0.6 is 22.9 Å². The summed E-state index contributed by atoms with van der Waals surface area (Å²) < 4.78 is 1.92. The molecule has 3 aromatic rings. The fourth-order valence-corrected chi connectivity index (χ4v) is 2.92. The lowest BCUT2D eigenvalue weighted by Crippen LogP contribution is -1.93. The van der Waals surface area contributed by atoms with Crippen LogP contribution in [-0.2, 0) is 7.05 Å². The van der Waals surface area contributed by atoms with Crippen molar-refractivity contribution in [2.75, 3.05) is 5.73 Å². The number of aryl methyl sites for hydroxylation is 1. The number of anilines is 1. The molecule has 96 valence electrons. The van der Waals surface area contributed by atoms with Crippen molar-refractivity contribution in [3.05, 3.63) is 41.7 Å². The van der Waals surface area contributed by atoms with Gasteiger partial charge in [0.05, 0.1) is 4.88 Å². The summed E-state index contributed by atoms with van der Waals surface area (Å²) in [5.41, 5.74) is 7.64. The van der Waals surface area contributed by atoms with E-state index < -0.39 is 0 Å². The number of nitrogens with zero attached hydrogens (tertiary/aromatic N) is 3. The monoisotopic (exact) mass is 290 g/mol.